The smallest absolute Gasteiger partial charge is 0.198 e. The van der Waals surface area contributed by atoms with Gasteiger partial charge in [0.1, 0.15) is 8.80 Å². The maximum atomic E-state index is 11.3. The Labute approximate surface area is 69.6 Å². The van der Waals surface area contributed by atoms with E-state index in [1.165, 1.54) is 0 Å². The minimum atomic E-state index is -1.41. The summed E-state index contributed by atoms with van der Waals surface area (Å²) in [6, 6.07) is 0. The first kappa shape index (κ1) is 10.6. The number of carbonyl (C=O) groups excluding carboxylic acids is 2. The van der Waals surface area contributed by atoms with Gasteiger partial charge >= 0.3 is 0 Å². The summed E-state index contributed by atoms with van der Waals surface area (Å²) in [6.07, 6.45) is 0. The predicted octanol–water partition coefficient (Wildman–Crippen LogP) is 1.20. The molecule has 0 atom stereocenters. The van der Waals surface area contributed by atoms with Gasteiger partial charge in [-0.25, -0.2) is 0 Å². The van der Waals surface area contributed by atoms with Crippen LogP contribution in [0.3, 0.4) is 0 Å². The second-order valence-corrected chi connectivity index (χ2v) is 6.93. The molecule has 0 radical (unpaired) electrons. The molecule has 0 saturated heterocycles. The van der Waals surface area contributed by atoms with Gasteiger partial charge in [0.15, 0.2) is 11.2 Å². The normalized spacial score (nSPS) is 11.8. The summed E-state index contributed by atoms with van der Waals surface area (Å²) in [5, 5.41) is -0.127. The first-order valence-electron chi connectivity index (χ1n) is 3.85. The van der Waals surface area contributed by atoms with Crippen LogP contribution in [-0.2, 0) is 9.59 Å². The zero-order valence-corrected chi connectivity index (χ0v) is 9.05. The van der Waals surface area contributed by atoms with Crippen LogP contribution in [0.2, 0.25) is 13.1 Å². The molecule has 0 saturated carbocycles. The quantitative estimate of drug-likeness (QED) is 0.463. The largest absolute Gasteiger partial charge is 0.297 e. The van der Waals surface area contributed by atoms with Crippen LogP contribution in [0.25, 0.3) is 0 Å². The fourth-order valence-corrected chi connectivity index (χ4v) is 1.59. The molecule has 11 heavy (non-hydrogen) atoms. The summed E-state index contributed by atoms with van der Waals surface area (Å²) in [4.78, 5) is 22.5. The van der Waals surface area contributed by atoms with E-state index in [9.17, 15) is 9.59 Å². The number of ketones is 1. The number of rotatable bonds is 2. The molecule has 0 aliphatic carbocycles. The van der Waals surface area contributed by atoms with Crippen molar-refractivity contribution in [2.24, 2.45) is 5.41 Å². The number of Topliss-reactive ketones (excluding diaryl/α,β-unsaturated/α-hetero) is 1. The molecule has 0 spiro atoms. The van der Waals surface area contributed by atoms with E-state index < -0.39 is 14.2 Å². The van der Waals surface area contributed by atoms with Gasteiger partial charge in [0, 0.05) is 5.41 Å². The van der Waals surface area contributed by atoms with Crippen LogP contribution in [0.15, 0.2) is 0 Å². The Morgan fingerprint density at radius 3 is 1.55 bits per heavy atom. The average Bonchev–Trinajstić information content (AvgIpc) is 1.82. The van der Waals surface area contributed by atoms with Crippen molar-refractivity contribution >= 4 is 20.0 Å². The summed E-state index contributed by atoms with van der Waals surface area (Å²) < 4.78 is 0. The molecule has 0 heterocycles. The molecule has 0 unspecified atom stereocenters. The van der Waals surface area contributed by atoms with Crippen LogP contribution < -0.4 is 0 Å². The highest BCUT2D eigenvalue weighted by Gasteiger charge is 2.29. The predicted molar refractivity (Wildman–Crippen MR) is 48.3 cm³/mol. The minimum Gasteiger partial charge on any atom is -0.297 e. The molecule has 0 aromatic heterocycles. The van der Waals surface area contributed by atoms with Crippen molar-refractivity contribution in [1.29, 1.82) is 0 Å². The molecule has 0 fully saturated rings. The maximum Gasteiger partial charge on any atom is 0.198 e. The van der Waals surface area contributed by atoms with Gasteiger partial charge in [-0.2, -0.15) is 0 Å². The first-order valence-corrected chi connectivity index (χ1v) is 6.74. The van der Waals surface area contributed by atoms with E-state index in [0.717, 1.165) is 0 Å². The third kappa shape index (κ3) is 2.97. The molecule has 0 aromatic carbocycles. The van der Waals surface area contributed by atoms with Gasteiger partial charge in [0.2, 0.25) is 0 Å². The lowest BCUT2D eigenvalue weighted by Gasteiger charge is -2.16. The van der Waals surface area contributed by atoms with Crippen LogP contribution in [0.4, 0.5) is 0 Å². The molecule has 0 rings (SSSR count). The van der Waals surface area contributed by atoms with E-state index in [1.807, 2.05) is 13.1 Å². The monoisotopic (exact) mass is 172 g/mol. The summed E-state index contributed by atoms with van der Waals surface area (Å²) in [5.74, 6) is -0.209. The first-order chi connectivity index (χ1) is 4.76. The fourth-order valence-electron chi connectivity index (χ4n) is 0.632. The molecule has 0 bridgehead atoms. The molecule has 0 aliphatic heterocycles. The van der Waals surface area contributed by atoms with Crippen molar-refractivity contribution in [3.63, 3.8) is 0 Å². The zero-order chi connectivity index (χ0) is 9.23. The highest BCUT2D eigenvalue weighted by atomic mass is 28.3. The highest BCUT2D eigenvalue weighted by molar-refractivity contribution is 6.99. The molecule has 0 amide bonds. The van der Waals surface area contributed by atoms with Crippen molar-refractivity contribution in [3.8, 4) is 0 Å². The summed E-state index contributed by atoms with van der Waals surface area (Å²) in [7, 11) is -1.41. The van der Waals surface area contributed by atoms with E-state index in [4.69, 9.17) is 0 Å². The van der Waals surface area contributed by atoms with E-state index in [-0.39, 0.29) is 11.2 Å². The molecular formula is C8H16O2Si. The van der Waals surface area contributed by atoms with Crippen LogP contribution in [0.5, 0.6) is 0 Å². The standard InChI is InChI=1S/C8H16O2Si/c1-8(2,3)6(9)7(10)11(4)5/h11H,1-5H3. The zero-order valence-electron chi connectivity index (χ0n) is 7.89. The van der Waals surface area contributed by atoms with Crippen molar-refractivity contribution in [1.82, 2.24) is 0 Å². The average molecular weight is 172 g/mol. The molecule has 0 aliphatic rings. The van der Waals surface area contributed by atoms with Crippen molar-refractivity contribution < 1.29 is 9.59 Å². The summed E-state index contributed by atoms with van der Waals surface area (Å²) in [6.45, 7) is 9.11. The van der Waals surface area contributed by atoms with Crippen molar-refractivity contribution in [2.75, 3.05) is 0 Å². The fraction of sp³-hybridized carbons (Fsp3) is 0.750. The lowest BCUT2D eigenvalue weighted by Crippen LogP contribution is -2.35. The lowest BCUT2D eigenvalue weighted by atomic mass is 9.92. The number of hydrogen-bond acceptors (Lipinski definition) is 2. The molecule has 2 nitrogen and oxygen atoms in total. The van der Waals surface area contributed by atoms with E-state index in [2.05, 4.69) is 0 Å². The topological polar surface area (TPSA) is 34.1 Å². The lowest BCUT2D eigenvalue weighted by molar-refractivity contribution is -0.137. The second kappa shape index (κ2) is 3.30. The van der Waals surface area contributed by atoms with Crippen LogP contribution in [-0.4, -0.2) is 20.0 Å². The van der Waals surface area contributed by atoms with Crippen molar-refractivity contribution in [2.45, 2.75) is 33.9 Å². The van der Waals surface area contributed by atoms with Crippen LogP contribution >= 0.6 is 0 Å². The van der Waals surface area contributed by atoms with Gasteiger partial charge in [0.25, 0.3) is 0 Å². The Bertz CT molecular complexity index is 177. The van der Waals surface area contributed by atoms with Gasteiger partial charge in [0.05, 0.1) is 0 Å². The number of hydrogen-bond donors (Lipinski definition) is 0. The Hall–Kier alpha value is -0.443. The SMILES string of the molecule is C[SiH](C)C(=O)C(=O)C(C)(C)C. The molecule has 3 heteroatoms. The van der Waals surface area contributed by atoms with Crippen molar-refractivity contribution in [3.05, 3.63) is 0 Å². The van der Waals surface area contributed by atoms with Crippen LogP contribution in [0.1, 0.15) is 20.8 Å². The third-order valence-electron chi connectivity index (χ3n) is 1.43. The highest BCUT2D eigenvalue weighted by Crippen LogP contribution is 2.15. The Morgan fingerprint density at radius 2 is 1.45 bits per heavy atom. The second-order valence-electron chi connectivity index (χ2n) is 4.10. The van der Waals surface area contributed by atoms with Gasteiger partial charge in [-0.15, -0.1) is 0 Å². The maximum absolute atomic E-state index is 11.3. The van der Waals surface area contributed by atoms with Gasteiger partial charge in [-0.3, -0.25) is 9.59 Å². The summed E-state index contributed by atoms with van der Waals surface area (Å²) >= 11 is 0. The van der Waals surface area contributed by atoms with E-state index >= 15 is 0 Å². The number of carbonyl (C=O) groups is 2. The van der Waals surface area contributed by atoms with E-state index in [1.54, 1.807) is 20.8 Å². The van der Waals surface area contributed by atoms with Crippen LogP contribution in [0, 0.1) is 5.41 Å². The molecule has 0 N–H and O–H groups in total. The van der Waals surface area contributed by atoms with E-state index in [0.29, 0.717) is 0 Å². The summed E-state index contributed by atoms with van der Waals surface area (Å²) in [5.41, 5.74) is -0.492. The Kier molecular flexibility index (Phi) is 3.17. The minimum absolute atomic E-state index is 0.127. The Balaban J connectivity index is 4.40. The van der Waals surface area contributed by atoms with Gasteiger partial charge < -0.3 is 0 Å². The van der Waals surface area contributed by atoms with Gasteiger partial charge in [-0.1, -0.05) is 33.9 Å². The Morgan fingerprint density at radius 1 is 1.09 bits per heavy atom. The molecule has 0 aromatic rings. The molecule has 64 valence electrons. The third-order valence-corrected chi connectivity index (χ3v) is 2.74. The molecular weight excluding hydrogens is 156 g/mol. The van der Waals surface area contributed by atoms with Gasteiger partial charge in [-0.05, 0) is 0 Å².